The standard InChI is InChI=1S/C11H23Cl/c1-6-7-9(2)10(8-12)11(3,4)5/h9-10H,6-8H2,1-5H3. The lowest BCUT2D eigenvalue weighted by Crippen LogP contribution is -2.28. The van der Waals surface area contributed by atoms with Crippen molar-refractivity contribution < 1.29 is 0 Å². The first-order chi connectivity index (χ1) is 5.43. The van der Waals surface area contributed by atoms with Gasteiger partial charge in [0, 0.05) is 5.88 Å². The Morgan fingerprint density at radius 3 is 2.00 bits per heavy atom. The number of hydrogen-bond acceptors (Lipinski definition) is 0. The highest BCUT2D eigenvalue weighted by atomic mass is 35.5. The molecule has 0 fully saturated rings. The van der Waals surface area contributed by atoms with Gasteiger partial charge < -0.3 is 0 Å². The summed E-state index contributed by atoms with van der Waals surface area (Å²) in [6.45, 7) is 11.4. The molecule has 0 saturated carbocycles. The van der Waals surface area contributed by atoms with Gasteiger partial charge in [-0.3, -0.25) is 0 Å². The summed E-state index contributed by atoms with van der Waals surface area (Å²) in [6.07, 6.45) is 2.57. The highest BCUT2D eigenvalue weighted by Gasteiger charge is 2.27. The maximum atomic E-state index is 5.98. The summed E-state index contributed by atoms with van der Waals surface area (Å²) in [7, 11) is 0. The minimum atomic E-state index is 0.357. The first-order valence-electron chi connectivity index (χ1n) is 4.99. The molecule has 0 radical (unpaired) electrons. The largest absolute Gasteiger partial charge is 0.126 e. The second-order valence-electron chi connectivity index (χ2n) is 4.89. The highest BCUT2D eigenvalue weighted by Crippen LogP contribution is 2.34. The van der Waals surface area contributed by atoms with E-state index in [1.54, 1.807) is 0 Å². The van der Waals surface area contributed by atoms with E-state index < -0.39 is 0 Å². The van der Waals surface area contributed by atoms with Crippen LogP contribution in [0, 0.1) is 17.3 Å². The van der Waals surface area contributed by atoms with E-state index in [-0.39, 0.29) is 0 Å². The molecule has 0 rings (SSSR count). The molecule has 12 heavy (non-hydrogen) atoms. The van der Waals surface area contributed by atoms with Crippen molar-refractivity contribution in [3.8, 4) is 0 Å². The summed E-state index contributed by atoms with van der Waals surface area (Å²) in [4.78, 5) is 0. The SMILES string of the molecule is CCCC(C)C(CCl)C(C)(C)C. The summed E-state index contributed by atoms with van der Waals surface area (Å²) in [5.74, 6) is 2.21. The normalized spacial score (nSPS) is 17.5. The van der Waals surface area contributed by atoms with Crippen LogP contribution in [0.5, 0.6) is 0 Å². The third kappa shape index (κ3) is 3.80. The quantitative estimate of drug-likeness (QED) is 0.580. The molecule has 0 bridgehead atoms. The lowest BCUT2D eigenvalue weighted by Gasteiger charge is -2.34. The molecule has 0 aliphatic carbocycles. The Morgan fingerprint density at radius 1 is 1.25 bits per heavy atom. The minimum Gasteiger partial charge on any atom is -0.126 e. The Hall–Kier alpha value is 0.290. The fraction of sp³-hybridized carbons (Fsp3) is 1.00. The summed E-state index contributed by atoms with van der Waals surface area (Å²) in [6, 6.07) is 0. The van der Waals surface area contributed by atoms with Gasteiger partial charge in [0.2, 0.25) is 0 Å². The van der Waals surface area contributed by atoms with E-state index in [1.807, 2.05) is 0 Å². The van der Waals surface area contributed by atoms with Crippen LogP contribution >= 0.6 is 11.6 Å². The maximum absolute atomic E-state index is 5.98. The Kier molecular flexibility index (Phi) is 5.24. The van der Waals surface area contributed by atoms with Gasteiger partial charge in [-0.05, 0) is 17.3 Å². The van der Waals surface area contributed by atoms with Crippen LogP contribution in [0.3, 0.4) is 0 Å². The number of alkyl halides is 1. The van der Waals surface area contributed by atoms with Gasteiger partial charge in [0.05, 0.1) is 0 Å². The Labute approximate surface area is 82.7 Å². The van der Waals surface area contributed by atoms with Crippen LogP contribution in [0.1, 0.15) is 47.5 Å². The molecular weight excluding hydrogens is 168 g/mol. The molecule has 1 heteroatoms. The van der Waals surface area contributed by atoms with Gasteiger partial charge in [0.15, 0.2) is 0 Å². The molecule has 0 saturated heterocycles. The first-order valence-corrected chi connectivity index (χ1v) is 5.52. The second-order valence-corrected chi connectivity index (χ2v) is 5.20. The van der Waals surface area contributed by atoms with Gasteiger partial charge in [-0.1, -0.05) is 47.5 Å². The van der Waals surface area contributed by atoms with E-state index in [2.05, 4.69) is 34.6 Å². The Bertz CT molecular complexity index is 113. The van der Waals surface area contributed by atoms with Gasteiger partial charge >= 0.3 is 0 Å². The van der Waals surface area contributed by atoms with Gasteiger partial charge in [-0.15, -0.1) is 11.6 Å². The molecule has 0 aromatic rings. The first kappa shape index (κ1) is 12.3. The molecule has 0 spiro atoms. The van der Waals surface area contributed by atoms with Gasteiger partial charge in [-0.2, -0.15) is 0 Å². The molecule has 0 amide bonds. The zero-order valence-corrected chi connectivity index (χ0v) is 9.91. The lowest BCUT2D eigenvalue weighted by atomic mass is 9.73. The maximum Gasteiger partial charge on any atom is 0.0259 e. The van der Waals surface area contributed by atoms with Gasteiger partial charge in [0.25, 0.3) is 0 Å². The van der Waals surface area contributed by atoms with Crippen LogP contribution in [0.25, 0.3) is 0 Å². The van der Waals surface area contributed by atoms with Crippen LogP contribution in [0.2, 0.25) is 0 Å². The molecule has 0 aliphatic rings. The Balaban J connectivity index is 4.14. The van der Waals surface area contributed by atoms with E-state index in [1.165, 1.54) is 12.8 Å². The molecule has 0 nitrogen and oxygen atoms in total. The van der Waals surface area contributed by atoms with Gasteiger partial charge in [0.1, 0.15) is 0 Å². The second kappa shape index (κ2) is 5.11. The van der Waals surface area contributed by atoms with Gasteiger partial charge in [-0.25, -0.2) is 0 Å². The molecule has 0 N–H and O–H groups in total. The molecular formula is C11H23Cl. The molecule has 0 aliphatic heterocycles. The van der Waals surface area contributed by atoms with Crippen molar-refractivity contribution in [1.82, 2.24) is 0 Å². The van der Waals surface area contributed by atoms with Crippen LogP contribution in [-0.4, -0.2) is 5.88 Å². The van der Waals surface area contributed by atoms with Crippen LogP contribution in [0.4, 0.5) is 0 Å². The smallest absolute Gasteiger partial charge is 0.0259 e. The van der Waals surface area contributed by atoms with Crippen LogP contribution in [0.15, 0.2) is 0 Å². The zero-order valence-electron chi connectivity index (χ0n) is 9.15. The molecule has 0 aromatic carbocycles. The Morgan fingerprint density at radius 2 is 1.75 bits per heavy atom. The van der Waals surface area contributed by atoms with Crippen LogP contribution < -0.4 is 0 Å². The number of halogens is 1. The summed E-state index contributed by atoms with van der Waals surface area (Å²) in [5.41, 5.74) is 0.357. The van der Waals surface area contributed by atoms with E-state index in [9.17, 15) is 0 Å². The summed E-state index contributed by atoms with van der Waals surface area (Å²) >= 11 is 5.98. The van der Waals surface area contributed by atoms with Crippen molar-refractivity contribution in [2.24, 2.45) is 17.3 Å². The number of hydrogen-bond donors (Lipinski definition) is 0. The van der Waals surface area contributed by atoms with Crippen molar-refractivity contribution in [1.29, 1.82) is 0 Å². The van der Waals surface area contributed by atoms with E-state index in [0.29, 0.717) is 11.3 Å². The van der Waals surface area contributed by atoms with Crippen molar-refractivity contribution >= 4 is 11.6 Å². The van der Waals surface area contributed by atoms with E-state index >= 15 is 0 Å². The third-order valence-corrected chi connectivity index (χ3v) is 3.04. The summed E-state index contributed by atoms with van der Waals surface area (Å²) < 4.78 is 0. The summed E-state index contributed by atoms with van der Waals surface area (Å²) in [5, 5.41) is 0. The molecule has 0 heterocycles. The molecule has 0 aromatic heterocycles. The van der Waals surface area contributed by atoms with E-state index in [0.717, 1.165) is 11.8 Å². The number of rotatable bonds is 4. The molecule has 2 unspecified atom stereocenters. The van der Waals surface area contributed by atoms with Crippen LogP contribution in [-0.2, 0) is 0 Å². The third-order valence-electron chi connectivity index (χ3n) is 2.71. The fourth-order valence-corrected chi connectivity index (χ4v) is 2.66. The molecule has 74 valence electrons. The average molecular weight is 191 g/mol. The lowest BCUT2D eigenvalue weighted by molar-refractivity contribution is 0.183. The predicted octanol–water partition coefficient (Wildman–Crippen LogP) is 4.32. The highest BCUT2D eigenvalue weighted by molar-refractivity contribution is 6.18. The zero-order chi connectivity index (χ0) is 9.78. The van der Waals surface area contributed by atoms with Crippen molar-refractivity contribution in [2.45, 2.75) is 47.5 Å². The average Bonchev–Trinajstić information content (AvgIpc) is 1.85. The molecule has 2 atom stereocenters. The van der Waals surface area contributed by atoms with Crippen molar-refractivity contribution in [3.63, 3.8) is 0 Å². The minimum absolute atomic E-state index is 0.357. The van der Waals surface area contributed by atoms with Crippen molar-refractivity contribution in [2.75, 3.05) is 5.88 Å². The monoisotopic (exact) mass is 190 g/mol. The fourth-order valence-electron chi connectivity index (χ4n) is 1.89. The topological polar surface area (TPSA) is 0 Å². The van der Waals surface area contributed by atoms with E-state index in [4.69, 9.17) is 11.6 Å². The predicted molar refractivity (Wildman–Crippen MR) is 57.7 cm³/mol. The van der Waals surface area contributed by atoms with Crippen molar-refractivity contribution in [3.05, 3.63) is 0 Å².